The molecule has 9 heteroatoms. The van der Waals surface area contributed by atoms with Gasteiger partial charge in [0.15, 0.2) is 11.5 Å². The average molecular weight is 771 g/mol. The molecule has 12 rings (SSSR count). The Morgan fingerprint density at radius 2 is 0.698 bits per heavy atom. The van der Waals surface area contributed by atoms with Crippen molar-refractivity contribution in [1.29, 1.82) is 0 Å². The number of anilines is 3. The van der Waals surface area contributed by atoms with Crippen LogP contribution in [0.3, 0.4) is 0 Å². The van der Waals surface area contributed by atoms with Crippen molar-refractivity contribution < 1.29 is 14.2 Å². The van der Waals surface area contributed by atoms with Gasteiger partial charge in [-0.2, -0.15) is 0 Å². The zero-order valence-corrected chi connectivity index (χ0v) is 32.1. The van der Waals surface area contributed by atoms with Crippen LogP contribution in [0, 0.1) is 35.5 Å². The van der Waals surface area contributed by atoms with E-state index in [1.807, 2.05) is 18.2 Å². The van der Waals surface area contributed by atoms with Crippen LogP contribution in [0.1, 0.15) is 88.2 Å². The fourth-order valence-corrected chi connectivity index (χ4v) is 13.2. The molecule has 8 fully saturated rings. The standard InChI is InChI=1S/C44H46Cl3N3O3/c45-34-13-29(1-4-37(34)48)51-40-32(43-17-23-7-24(18-43)9-25(8-23)19-43)16-33(44-20-26-10-27(21-44)12-28(11-26)22-44)41(52-30-2-5-38(49)35(46)14-30)42(40)53-31-3-6-39(50)36(47)15-31/h1-6,13-16,23-28H,7-12,17-22,48-50H2. The van der Waals surface area contributed by atoms with Crippen LogP contribution in [0.5, 0.6) is 34.5 Å². The van der Waals surface area contributed by atoms with Crippen molar-refractivity contribution in [2.24, 2.45) is 35.5 Å². The van der Waals surface area contributed by atoms with Crippen LogP contribution in [-0.4, -0.2) is 0 Å². The Morgan fingerprint density at radius 3 is 0.981 bits per heavy atom. The van der Waals surface area contributed by atoms with Crippen LogP contribution in [0.2, 0.25) is 15.1 Å². The summed E-state index contributed by atoms with van der Waals surface area (Å²) in [5.74, 6) is 7.87. The monoisotopic (exact) mass is 769 g/mol. The second-order valence-corrected chi connectivity index (χ2v) is 18.9. The number of hydrogen-bond acceptors (Lipinski definition) is 6. The first kappa shape index (κ1) is 34.1. The molecule has 4 aromatic carbocycles. The summed E-state index contributed by atoms with van der Waals surface area (Å²) >= 11 is 19.9. The van der Waals surface area contributed by atoms with Gasteiger partial charge in [-0.3, -0.25) is 0 Å². The smallest absolute Gasteiger partial charge is 0.212 e. The van der Waals surface area contributed by atoms with Crippen molar-refractivity contribution in [1.82, 2.24) is 0 Å². The second-order valence-electron chi connectivity index (χ2n) is 17.7. The SMILES string of the molecule is Nc1ccc(Oc2c(C34CC5CC(CC(C5)C3)C4)cc(C34CC5CC(CC(C5)C3)C4)c(Oc3ccc(N)c(Cl)c3)c2Oc2ccc(N)c(Cl)c2)cc1Cl. The Bertz CT molecular complexity index is 1940. The van der Waals surface area contributed by atoms with Crippen LogP contribution in [0.25, 0.3) is 0 Å². The van der Waals surface area contributed by atoms with Gasteiger partial charge >= 0.3 is 0 Å². The molecule has 6 N–H and O–H groups in total. The quantitative estimate of drug-likeness (QED) is 0.154. The first-order chi connectivity index (χ1) is 25.5. The van der Waals surface area contributed by atoms with Gasteiger partial charge in [-0.1, -0.05) is 34.8 Å². The third-order valence-electron chi connectivity index (χ3n) is 14.0. The molecule has 276 valence electrons. The highest BCUT2D eigenvalue weighted by atomic mass is 35.5. The second kappa shape index (κ2) is 12.5. The zero-order chi connectivity index (χ0) is 36.2. The van der Waals surface area contributed by atoms with Gasteiger partial charge in [-0.25, -0.2) is 0 Å². The van der Waals surface area contributed by atoms with Gasteiger partial charge < -0.3 is 31.4 Å². The van der Waals surface area contributed by atoms with E-state index >= 15 is 0 Å². The summed E-state index contributed by atoms with van der Waals surface area (Å²) in [6.07, 6.45) is 14.9. The molecule has 0 spiro atoms. The molecule has 0 heterocycles. The van der Waals surface area contributed by atoms with E-state index < -0.39 is 0 Å². The minimum Gasteiger partial charge on any atom is -0.453 e. The van der Waals surface area contributed by atoms with E-state index in [0.717, 1.165) is 74.0 Å². The Balaban J connectivity index is 1.26. The fourth-order valence-electron chi connectivity index (χ4n) is 12.7. The molecular formula is C44H46Cl3N3O3. The van der Waals surface area contributed by atoms with E-state index in [1.165, 1.54) is 49.7 Å². The number of ether oxygens (including phenoxy) is 3. The topological polar surface area (TPSA) is 106 Å². The first-order valence-electron chi connectivity index (χ1n) is 19.4. The molecule has 8 bridgehead atoms. The lowest BCUT2D eigenvalue weighted by atomic mass is 9.46. The molecule has 0 atom stereocenters. The van der Waals surface area contributed by atoms with Crippen LogP contribution >= 0.6 is 34.8 Å². The third kappa shape index (κ3) is 5.90. The summed E-state index contributed by atoms with van der Waals surface area (Å²) in [5, 5.41) is 1.29. The van der Waals surface area contributed by atoms with E-state index in [0.29, 0.717) is 66.6 Å². The van der Waals surface area contributed by atoms with Crippen molar-refractivity contribution in [3.05, 3.63) is 86.9 Å². The lowest BCUT2D eigenvalue weighted by molar-refractivity contribution is -0.00959. The van der Waals surface area contributed by atoms with Crippen molar-refractivity contribution in [2.75, 3.05) is 17.2 Å². The van der Waals surface area contributed by atoms with Gasteiger partial charge in [0.1, 0.15) is 17.2 Å². The maximum Gasteiger partial charge on any atom is 0.212 e. The predicted molar refractivity (Wildman–Crippen MR) is 214 cm³/mol. The van der Waals surface area contributed by atoms with Gasteiger partial charge in [0.05, 0.1) is 32.1 Å². The number of rotatable bonds is 8. The highest BCUT2D eigenvalue weighted by Gasteiger charge is 2.56. The van der Waals surface area contributed by atoms with Gasteiger partial charge in [0.2, 0.25) is 5.75 Å². The lowest BCUT2D eigenvalue weighted by Gasteiger charge is -2.59. The van der Waals surface area contributed by atoms with Crippen molar-refractivity contribution in [3.63, 3.8) is 0 Å². The Morgan fingerprint density at radius 1 is 0.415 bits per heavy atom. The summed E-state index contributed by atoms with van der Waals surface area (Å²) in [7, 11) is 0. The Labute approximate surface area is 326 Å². The molecule has 6 nitrogen and oxygen atoms in total. The summed E-state index contributed by atoms with van der Waals surface area (Å²) in [5.41, 5.74) is 22.4. The van der Waals surface area contributed by atoms with Crippen molar-refractivity contribution in [3.8, 4) is 34.5 Å². The Kier molecular flexibility index (Phi) is 8.06. The normalized spacial score (nSPS) is 31.9. The van der Waals surface area contributed by atoms with Crippen molar-refractivity contribution >= 4 is 51.9 Å². The predicted octanol–water partition coefficient (Wildman–Crippen LogP) is 12.7. The lowest BCUT2D eigenvalue weighted by Crippen LogP contribution is -2.50. The molecule has 8 aliphatic carbocycles. The fraction of sp³-hybridized carbons (Fsp3) is 0.455. The van der Waals surface area contributed by atoms with Crippen LogP contribution in [0.15, 0.2) is 60.7 Å². The summed E-state index contributed by atoms with van der Waals surface area (Å²) < 4.78 is 21.4. The maximum atomic E-state index is 7.14. The van der Waals surface area contributed by atoms with Gasteiger partial charge in [-0.15, -0.1) is 0 Å². The van der Waals surface area contributed by atoms with Gasteiger partial charge in [0.25, 0.3) is 0 Å². The molecule has 0 saturated heterocycles. The van der Waals surface area contributed by atoms with E-state index in [2.05, 4.69) is 6.07 Å². The molecular weight excluding hydrogens is 725 g/mol. The number of nitrogens with two attached hydrogens (primary N) is 3. The summed E-state index contributed by atoms with van der Waals surface area (Å²) in [4.78, 5) is 0. The molecule has 8 aliphatic rings. The average Bonchev–Trinajstić information content (AvgIpc) is 3.09. The van der Waals surface area contributed by atoms with Gasteiger partial charge in [0, 0.05) is 29.3 Å². The van der Waals surface area contributed by atoms with Crippen LogP contribution in [-0.2, 0) is 10.8 Å². The largest absolute Gasteiger partial charge is 0.453 e. The first-order valence-corrected chi connectivity index (χ1v) is 20.6. The van der Waals surface area contributed by atoms with Gasteiger partial charge in [-0.05, 0) is 166 Å². The van der Waals surface area contributed by atoms with E-state index in [1.54, 1.807) is 36.4 Å². The molecule has 0 amide bonds. The molecule has 0 unspecified atom stereocenters. The minimum absolute atomic E-state index is 0.0430. The molecule has 0 aromatic heterocycles. The molecule has 53 heavy (non-hydrogen) atoms. The zero-order valence-electron chi connectivity index (χ0n) is 29.8. The van der Waals surface area contributed by atoms with E-state index in [9.17, 15) is 0 Å². The van der Waals surface area contributed by atoms with E-state index in [-0.39, 0.29) is 10.8 Å². The summed E-state index contributed by atoms with van der Waals surface area (Å²) in [6.45, 7) is 0. The number of hydrogen-bond donors (Lipinski definition) is 3. The van der Waals surface area contributed by atoms with Crippen LogP contribution < -0.4 is 31.4 Å². The minimum atomic E-state index is -0.0430. The molecule has 0 radical (unpaired) electrons. The highest BCUT2D eigenvalue weighted by Crippen LogP contribution is 2.68. The molecule has 0 aliphatic heterocycles. The number of benzene rings is 4. The highest BCUT2D eigenvalue weighted by molar-refractivity contribution is 6.33. The number of halogens is 3. The number of nitrogen functional groups attached to an aromatic ring is 3. The Hall–Kier alpha value is -3.45. The van der Waals surface area contributed by atoms with E-state index in [4.69, 9.17) is 66.2 Å². The maximum absolute atomic E-state index is 7.14. The third-order valence-corrected chi connectivity index (χ3v) is 15.0. The van der Waals surface area contributed by atoms with Crippen LogP contribution in [0.4, 0.5) is 17.1 Å². The van der Waals surface area contributed by atoms with Crippen molar-refractivity contribution in [2.45, 2.75) is 87.9 Å². The summed E-state index contributed by atoms with van der Waals surface area (Å²) in [6, 6.07) is 18.8. The molecule has 4 aromatic rings. The molecule has 8 saturated carbocycles.